The number of rotatable bonds is 7. The molecule has 0 spiro atoms. The number of nitrogens with zero attached hydrogens (tertiary/aromatic N) is 1. The number of hydrogen-bond acceptors (Lipinski definition) is 3. The first kappa shape index (κ1) is 14.8. The third-order valence-electron chi connectivity index (χ3n) is 3.75. The summed E-state index contributed by atoms with van der Waals surface area (Å²) in [6, 6.07) is 7.36. The number of nitrogens with one attached hydrogen (secondary N) is 1. The second-order valence-corrected chi connectivity index (χ2v) is 6.11. The Labute approximate surface area is 124 Å². The molecule has 1 unspecified atom stereocenters. The van der Waals surface area contributed by atoms with Crippen molar-refractivity contribution in [3.63, 3.8) is 0 Å². The smallest absolute Gasteiger partial charge is 0.120 e. The molecule has 0 amide bonds. The molecule has 0 saturated heterocycles. The molecule has 3 nitrogen and oxygen atoms in total. The van der Waals surface area contributed by atoms with Crippen molar-refractivity contribution in [1.29, 1.82) is 0 Å². The van der Waals surface area contributed by atoms with Gasteiger partial charge in [0.25, 0.3) is 0 Å². The number of halogens is 1. The lowest BCUT2D eigenvalue weighted by Gasteiger charge is -2.17. The third-order valence-corrected chi connectivity index (χ3v) is 4.44. The second kappa shape index (κ2) is 6.73. The molecule has 106 valence electrons. The molecule has 1 aliphatic carbocycles. The van der Waals surface area contributed by atoms with Crippen LogP contribution in [0.5, 0.6) is 5.75 Å². The van der Waals surface area contributed by atoms with Crippen LogP contribution in [0.15, 0.2) is 22.7 Å². The van der Waals surface area contributed by atoms with Crippen molar-refractivity contribution in [2.24, 2.45) is 0 Å². The SMILES string of the molecule is CNC(C)c1ccc(OCCN(C)C2CC2)cc1Br. The van der Waals surface area contributed by atoms with E-state index in [-0.39, 0.29) is 0 Å². The van der Waals surface area contributed by atoms with Crippen LogP contribution in [0.1, 0.15) is 31.4 Å². The van der Waals surface area contributed by atoms with Gasteiger partial charge in [-0.25, -0.2) is 0 Å². The van der Waals surface area contributed by atoms with Crippen LogP contribution in [0.25, 0.3) is 0 Å². The second-order valence-electron chi connectivity index (χ2n) is 5.25. The zero-order valence-corrected chi connectivity index (χ0v) is 13.5. The molecular formula is C15H23BrN2O. The van der Waals surface area contributed by atoms with E-state index in [4.69, 9.17) is 4.74 Å². The topological polar surface area (TPSA) is 24.5 Å². The van der Waals surface area contributed by atoms with E-state index in [9.17, 15) is 0 Å². The van der Waals surface area contributed by atoms with Crippen molar-refractivity contribution < 1.29 is 4.74 Å². The van der Waals surface area contributed by atoms with Crippen molar-refractivity contribution in [2.75, 3.05) is 27.2 Å². The molecule has 1 N–H and O–H groups in total. The summed E-state index contributed by atoms with van der Waals surface area (Å²) in [7, 11) is 4.14. The van der Waals surface area contributed by atoms with E-state index in [0.29, 0.717) is 6.04 Å². The van der Waals surface area contributed by atoms with Gasteiger partial charge in [-0.1, -0.05) is 22.0 Å². The number of benzene rings is 1. The Bertz CT molecular complexity index is 421. The first-order chi connectivity index (χ1) is 9.11. The van der Waals surface area contributed by atoms with E-state index in [1.807, 2.05) is 13.1 Å². The molecule has 1 aliphatic rings. The molecule has 1 saturated carbocycles. The van der Waals surface area contributed by atoms with Gasteiger partial charge in [0, 0.05) is 23.1 Å². The number of likely N-dealkylation sites (N-methyl/N-ethyl adjacent to an activating group) is 1. The Hall–Kier alpha value is -0.580. The van der Waals surface area contributed by atoms with Crippen LogP contribution in [0.3, 0.4) is 0 Å². The number of ether oxygens (including phenoxy) is 1. The maximum Gasteiger partial charge on any atom is 0.120 e. The highest BCUT2D eigenvalue weighted by molar-refractivity contribution is 9.10. The van der Waals surface area contributed by atoms with E-state index in [1.54, 1.807) is 0 Å². The predicted octanol–water partition coefficient (Wildman–Crippen LogP) is 3.20. The predicted molar refractivity (Wildman–Crippen MR) is 82.8 cm³/mol. The lowest BCUT2D eigenvalue weighted by Crippen LogP contribution is -2.26. The molecule has 19 heavy (non-hydrogen) atoms. The van der Waals surface area contributed by atoms with Crippen molar-refractivity contribution >= 4 is 15.9 Å². The molecular weight excluding hydrogens is 304 g/mol. The van der Waals surface area contributed by atoms with E-state index < -0.39 is 0 Å². The van der Waals surface area contributed by atoms with E-state index in [1.165, 1.54) is 18.4 Å². The Morgan fingerprint density at radius 2 is 2.21 bits per heavy atom. The van der Waals surface area contributed by atoms with Crippen molar-refractivity contribution in [1.82, 2.24) is 10.2 Å². The summed E-state index contributed by atoms with van der Waals surface area (Å²) in [4.78, 5) is 2.38. The molecule has 0 radical (unpaired) electrons. The van der Waals surface area contributed by atoms with Crippen molar-refractivity contribution in [3.8, 4) is 5.75 Å². The Morgan fingerprint density at radius 1 is 1.47 bits per heavy atom. The van der Waals surface area contributed by atoms with Gasteiger partial charge in [-0.15, -0.1) is 0 Å². The molecule has 1 atom stereocenters. The monoisotopic (exact) mass is 326 g/mol. The van der Waals surface area contributed by atoms with Crippen LogP contribution in [0, 0.1) is 0 Å². The standard InChI is InChI=1S/C15H23BrN2O/c1-11(17-2)14-7-6-13(10-15(14)16)19-9-8-18(3)12-4-5-12/h6-7,10-12,17H,4-5,8-9H2,1-3H3. The van der Waals surface area contributed by atoms with Gasteiger partial charge in [-0.2, -0.15) is 0 Å². The fourth-order valence-electron chi connectivity index (χ4n) is 2.11. The zero-order valence-electron chi connectivity index (χ0n) is 11.9. The first-order valence-electron chi connectivity index (χ1n) is 6.91. The van der Waals surface area contributed by atoms with Gasteiger partial charge in [-0.3, -0.25) is 0 Å². The Kier molecular flexibility index (Phi) is 5.25. The fourth-order valence-corrected chi connectivity index (χ4v) is 2.81. The maximum atomic E-state index is 5.81. The van der Waals surface area contributed by atoms with E-state index in [0.717, 1.165) is 29.4 Å². The molecule has 0 heterocycles. The van der Waals surface area contributed by atoms with Crippen LogP contribution in [-0.2, 0) is 0 Å². The average molecular weight is 327 g/mol. The molecule has 1 aromatic rings. The van der Waals surface area contributed by atoms with Crippen LogP contribution >= 0.6 is 15.9 Å². The molecule has 1 aromatic carbocycles. The van der Waals surface area contributed by atoms with Crippen LogP contribution in [0.2, 0.25) is 0 Å². The minimum Gasteiger partial charge on any atom is -0.492 e. The highest BCUT2D eigenvalue weighted by Crippen LogP contribution is 2.28. The molecule has 1 fully saturated rings. The zero-order chi connectivity index (χ0) is 13.8. The summed E-state index contributed by atoms with van der Waals surface area (Å²) < 4.78 is 6.91. The van der Waals surface area contributed by atoms with Crippen LogP contribution in [0.4, 0.5) is 0 Å². The van der Waals surface area contributed by atoms with Gasteiger partial charge < -0.3 is 15.0 Å². The van der Waals surface area contributed by atoms with Gasteiger partial charge in [0.2, 0.25) is 0 Å². The van der Waals surface area contributed by atoms with Crippen molar-refractivity contribution in [2.45, 2.75) is 31.8 Å². The summed E-state index contributed by atoms with van der Waals surface area (Å²) in [5.41, 5.74) is 1.25. The lowest BCUT2D eigenvalue weighted by atomic mass is 10.1. The lowest BCUT2D eigenvalue weighted by molar-refractivity contribution is 0.232. The van der Waals surface area contributed by atoms with Gasteiger partial charge >= 0.3 is 0 Å². The largest absolute Gasteiger partial charge is 0.492 e. The minimum absolute atomic E-state index is 0.337. The molecule has 0 bridgehead atoms. The maximum absolute atomic E-state index is 5.81. The summed E-state index contributed by atoms with van der Waals surface area (Å²) in [6.45, 7) is 3.89. The molecule has 0 aliphatic heterocycles. The third kappa shape index (κ3) is 4.20. The molecule has 0 aromatic heterocycles. The Morgan fingerprint density at radius 3 is 2.79 bits per heavy atom. The highest BCUT2D eigenvalue weighted by Gasteiger charge is 2.25. The highest BCUT2D eigenvalue weighted by atomic mass is 79.9. The van der Waals surface area contributed by atoms with Crippen LogP contribution < -0.4 is 10.1 Å². The summed E-state index contributed by atoms with van der Waals surface area (Å²) in [6.07, 6.45) is 2.69. The fraction of sp³-hybridized carbons (Fsp3) is 0.600. The minimum atomic E-state index is 0.337. The summed E-state index contributed by atoms with van der Waals surface area (Å²) >= 11 is 3.61. The van der Waals surface area contributed by atoms with Gasteiger partial charge in [0.05, 0.1) is 0 Å². The number of hydrogen-bond donors (Lipinski definition) is 1. The summed E-state index contributed by atoms with van der Waals surface area (Å²) in [5.74, 6) is 0.933. The normalized spacial score (nSPS) is 16.7. The van der Waals surface area contributed by atoms with Gasteiger partial charge in [0.15, 0.2) is 0 Å². The average Bonchev–Trinajstić information content (AvgIpc) is 3.22. The van der Waals surface area contributed by atoms with Crippen molar-refractivity contribution in [3.05, 3.63) is 28.2 Å². The van der Waals surface area contributed by atoms with E-state index in [2.05, 4.69) is 52.3 Å². The van der Waals surface area contributed by atoms with E-state index >= 15 is 0 Å². The van der Waals surface area contributed by atoms with Gasteiger partial charge in [0.1, 0.15) is 12.4 Å². The summed E-state index contributed by atoms with van der Waals surface area (Å²) in [5, 5.41) is 3.24. The molecule has 2 rings (SSSR count). The first-order valence-corrected chi connectivity index (χ1v) is 7.71. The Balaban J connectivity index is 1.85. The van der Waals surface area contributed by atoms with Crippen LogP contribution in [-0.4, -0.2) is 38.2 Å². The molecule has 4 heteroatoms. The quantitative estimate of drug-likeness (QED) is 0.832. The van der Waals surface area contributed by atoms with Gasteiger partial charge in [-0.05, 0) is 51.6 Å².